The zero-order valence-corrected chi connectivity index (χ0v) is 11.6. The molecule has 0 saturated carbocycles. The van der Waals surface area contributed by atoms with Gasteiger partial charge < -0.3 is 15.8 Å². The molecule has 0 bridgehead atoms. The SMILES string of the molecule is CCC(NC(=O)CC(C)N)c1ccccc1OC(F)F. The molecule has 3 N–H and O–H groups in total. The highest BCUT2D eigenvalue weighted by molar-refractivity contribution is 5.77. The van der Waals surface area contributed by atoms with Gasteiger partial charge in [0, 0.05) is 18.0 Å². The Labute approximate surface area is 117 Å². The molecule has 1 rings (SSSR count). The van der Waals surface area contributed by atoms with Gasteiger partial charge in [-0.2, -0.15) is 8.78 Å². The van der Waals surface area contributed by atoms with Crippen molar-refractivity contribution < 1.29 is 18.3 Å². The van der Waals surface area contributed by atoms with Gasteiger partial charge in [0.25, 0.3) is 0 Å². The van der Waals surface area contributed by atoms with Gasteiger partial charge in [-0.1, -0.05) is 25.1 Å². The van der Waals surface area contributed by atoms with Crippen molar-refractivity contribution in [2.24, 2.45) is 5.73 Å². The van der Waals surface area contributed by atoms with E-state index < -0.39 is 6.61 Å². The molecule has 0 saturated heterocycles. The highest BCUT2D eigenvalue weighted by Crippen LogP contribution is 2.28. The molecule has 0 aliphatic heterocycles. The average molecular weight is 286 g/mol. The molecule has 4 nitrogen and oxygen atoms in total. The van der Waals surface area contributed by atoms with Crippen LogP contribution in [0, 0.1) is 0 Å². The summed E-state index contributed by atoms with van der Waals surface area (Å²) in [6.07, 6.45) is 0.753. The zero-order chi connectivity index (χ0) is 15.1. The van der Waals surface area contributed by atoms with Crippen molar-refractivity contribution in [2.75, 3.05) is 0 Å². The van der Waals surface area contributed by atoms with E-state index in [-0.39, 0.29) is 30.2 Å². The Hall–Kier alpha value is -1.69. The molecule has 0 radical (unpaired) electrons. The Kier molecular flexibility index (Phi) is 6.38. The summed E-state index contributed by atoms with van der Waals surface area (Å²) in [5.74, 6) is -0.130. The van der Waals surface area contributed by atoms with Crippen LogP contribution in [-0.4, -0.2) is 18.6 Å². The minimum atomic E-state index is -2.89. The summed E-state index contributed by atoms with van der Waals surface area (Å²) >= 11 is 0. The highest BCUT2D eigenvalue weighted by Gasteiger charge is 2.19. The summed E-state index contributed by atoms with van der Waals surface area (Å²) < 4.78 is 29.2. The van der Waals surface area contributed by atoms with Crippen LogP contribution in [0.4, 0.5) is 8.78 Å². The van der Waals surface area contributed by atoms with Crippen LogP contribution in [0.2, 0.25) is 0 Å². The third kappa shape index (κ3) is 5.13. The summed E-state index contributed by atoms with van der Waals surface area (Å²) in [6.45, 7) is 0.693. The number of nitrogens with two attached hydrogens (primary N) is 1. The highest BCUT2D eigenvalue weighted by atomic mass is 19.3. The van der Waals surface area contributed by atoms with E-state index in [0.29, 0.717) is 12.0 Å². The molecule has 0 spiro atoms. The number of para-hydroxylation sites is 1. The quantitative estimate of drug-likeness (QED) is 0.809. The summed E-state index contributed by atoms with van der Waals surface area (Å²) in [5, 5.41) is 2.78. The molecule has 20 heavy (non-hydrogen) atoms. The van der Waals surface area contributed by atoms with Gasteiger partial charge in [-0.25, -0.2) is 0 Å². The van der Waals surface area contributed by atoms with Crippen LogP contribution in [0.1, 0.15) is 38.3 Å². The topological polar surface area (TPSA) is 64.4 Å². The number of carbonyl (C=O) groups is 1. The van der Waals surface area contributed by atoms with Gasteiger partial charge in [0.1, 0.15) is 5.75 Å². The average Bonchev–Trinajstić information content (AvgIpc) is 2.35. The molecule has 0 aliphatic carbocycles. The van der Waals surface area contributed by atoms with Gasteiger partial charge in [-0.05, 0) is 19.4 Å². The van der Waals surface area contributed by atoms with Crippen molar-refractivity contribution in [1.82, 2.24) is 5.32 Å². The number of nitrogens with one attached hydrogen (secondary N) is 1. The number of amides is 1. The molecule has 0 aliphatic rings. The molecule has 0 fully saturated rings. The minimum Gasteiger partial charge on any atom is -0.434 e. The van der Waals surface area contributed by atoms with Crippen LogP contribution >= 0.6 is 0 Å². The Morgan fingerprint density at radius 2 is 2.05 bits per heavy atom. The third-order valence-electron chi connectivity index (χ3n) is 2.76. The molecule has 1 aromatic rings. The van der Waals surface area contributed by atoms with E-state index >= 15 is 0 Å². The number of hydrogen-bond donors (Lipinski definition) is 2. The van der Waals surface area contributed by atoms with Gasteiger partial charge >= 0.3 is 6.61 Å². The zero-order valence-electron chi connectivity index (χ0n) is 11.6. The van der Waals surface area contributed by atoms with E-state index in [1.54, 1.807) is 25.1 Å². The molecule has 6 heteroatoms. The van der Waals surface area contributed by atoms with Gasteiger partial charge in [-0.3, -0.25) is 4.79 Å². The van der Waals surface area contributed by atoms with Crippen LogP contribution in [0.3, 0.4) is 0 Å². The van der Waals surface area contributed by atoms with Crippen LogP contribution in [0.15, 0.2) is 24.3 Å². The number of halogens is 2. The van der Waals surface area contributed by atoms with Crippen LogP contribution in [0.5, 0.6) is 5.75 Å². The van der Waals surface area contributed by atoms with Crippen molar-refractivity contribution in [3.05, 3.63) is 29.8 Å². The van der Waals surface area contributed by atoms with Crippen molar-refractivity contribution in [1.29, 1.82) is 0 Å². The van der Waals surface area contributed by atoms with Gasteiger partial charge in [0.05, 0.1) is 6.04 Å². The Morgan fingerprint density at radius 1 is 1.40 bits per heavy atom. The lowest BCUT2D eigenvalue weighted by molar-refractivity contribution is -0.122. The Balaban J connectivity index is 2.86. The Bertz CT molecular complexity index is 439. The van der Waals surface area contributed by atoms with Crippen LogP contribution < -0.4 is 15.8 Å². The molecule has 112 valence electrons. The number of hydrogen-bond acceptors (Lipinski definition) is 3. The standard InChI is InChI=1S/C14H20F2N2O2/c1-3-11(18-13(19)8-9(2)17)10-6-4-5-7-12(10)20-14(15)16/h4-7,9,11,14H,3,8,17H2,1-2H3,(H,18,19). The Morgan fingerprint density at radius 3 is 2.60 bits per heavy atom. The molecule has 2 atom stereocenters. The number of carbonyl (C=O) groups excluding carboxylic acids is 1. The van der Waals surface area contributed by atoms with Crippen molar-refractivity contribution in [3.8, 4) is 5.75 Å². The smallest absolute Gasteiger partial charge is 0.387 e. The van der Waals surface area contributed by atoms with Gasteiger partial charge in [0.15, 0.2) is 0 Å². The van der Waals surface area contributed by atoms with Crippen LogP contribution in [0.25, 0.3) is 0 Å². The normalized spacial score (nSPS) is 13.9. The molecule has 1 aromatic carbocycles. The first-order chi connectivity index (χ1) is 9.43. The van der Waals surface area contributed by atoms with Crippen molar-refractivity contribution in [2.45, 2.75) is 45.4 Å². The van der Waals surface area contributed by atoms with Gasteiger partial charge in [0.2, 0.25) is 5.91 Å². The van der Waals surface area contributed by atoms with Crippen molar-refractivity contribution in [3.63, 3.8) is 0 Å². The fourth-order valence-electron chi connectivity index (χ4n) is 1.92. The lowest BCUT2D eigenvalue weighted by atomic mass is 10.0. The number of benzene rings is 1. The largest absolute Gasteiger partial charge is 0.434 e. The molecule has 0 aromatic heterocycles. The second kappa shape index (κ2) is 7.79. The summed E-state index contributed by atoms with van der Waals surface area (Å²) in [5.41, 5.74) is 6.10. The van der Waals surface area contributed by atoms with Gasteiger partial charge in [-0.15, -0.1) is 0 Å². The number of rotatable bonds is 7. The monoisotopic (exact) mass is 286 g/mol. The number of ether oxygens (including phenoxy) is 1. The lowest BCUT2D eigenvalue weighted by Crippen LogP contribution is -2.32. The van der Waals surface area contributed by atoms with Crippen molar-refractivity contribution >= 4 is 5.91 Å². The summed E-state index contributed by atoms with van der Waals surface area (Å²) in [6, 6.07) is 5.82. The van der Waals surface area contributed by atoms with E-state index in [2.05, 4.69) is 10.1 Å². The maximum absolute atomic E-state index is 12.4. The predicted molar refractivity (Wildman–Crippen MR) is 72.5 cm³/mol. The molecular formula is C14H20F2N2O2. The number of alkyl halides is 2. The van der Waals surface area contributed by atoms with E-state index in [9.17, 15) is 13.6 Å². The first-order valence-corrected chi connectivity index (χ1v) is 6.52. The second-order valence-corrected chi connectivity index (χ2v) is 4.63. The first-order valence-electron chi connectivity index (χ1n) is 6.52. The maximum Gasteiger partial charge on any atom is 0.387 e. The first kappa shape index (κ1) is 16.4. The fraction of sp³-hybridized carbons (Fsp3) is 0.500. The van der Waals surface area contributed by atoms with E-state index in [4.69, 9.17) is 5.73 Å². The lowest BCUT2D eigenvalue weighted by Gasteiger charge is -2.21. The molecule has 1 amide bonds. The minimum absolute atomic E-state index is 0.0791. The fourth-order valence-corrected chi connectivity index (χ4v) is 1.92. The second-order valence-electron chi connectivity index (χ2n) is 4.63. The van der Waals surface area contributed by atoms with E-state index in [1.165, 1.54) is 6.07 Å². The summed E-state index contributed by atoms with van der Waals surface area (Å²) in [4.78, 5) is 11.7. The maximum atomic E-state index is 12.4. The molecule has 2 unspecified atom stereocenters. The molecule has 0 heterocycles. The van der Waals surface area contributed by atoms with E-state index in [0.717, 1.165) is 0 Å². The molecular weight excluding hydrogens is 266 g/mol. The van der Waals surface area contributed by atoms with E-state index in [1.807, 2.05) is 6.92 Å². The third-order valence-corrected chi connectivity index (χ3v) is 2.76. The summed E-state index contributed by atoms with van der Waals surface area (Å²) in [7, 11) is 0. The predicted octanol–water partition coefficient (Wildman–Crippen LogP) is 2.59. The van der Waals surface area contributed by atoms with Crippen LogP contribution in [-0.2, 0) is 4.79 Å².